The first kappa shape index (κ1) is 29.0. The van der Waals surface area contributed by atoms with Gasteiger partial charge in [0.25, 0.3) is 17.4 Å². The molecule has 2 atom stereocenters. The Morgan fingerprint density at radius 3 is 2.45 bits per heavy atom. The highest BCUT2D eigenvalue weighted by molar-refractivity contribution is 6.35. The topological polar surface area (TPSA) is 149 Å². The maximum Gasteiger partial charge on any atom is 0.267 e. The monoisotopic (exact) mass is 668 g/mol. The molecule has 2 aliphatic rings. The van der Waals surface area contributed by atoms with Crippen LogP contribution in [0.15, 0.2) is 90.1 Å². The predicted molar refractivity (Wildman–Crippen MR) is 181 cm³/mol. The Bertz CT molecular complexity index is 2530. The number of aromatic nitrogens is 9. The van der Waals surface area contributed by atoms with Gasteiger partial charge in [0.1, 0.15) is 12.2 Å². The summed E-state index contributed by atoms with van der Waals surface area (Å²) in [4.78, 5) is 49.5. The lowest BCUT2D eigenvalue weighted by atomic mass is 10.0. The number of carbonyl (C=O) groups is 2. The van der Waals surface area contributed by atoms with E-state index < -0.39 is 11.8 Å². The van der Waals surface area contributed by atoms with Crippen molar-refractivity contribution in [1.82, 2.24) is 44.5 Å². The van der Waals surface area contributed by atoms with E-state index >= 15 is 0 Å². The van der Waals surface area contributed by atoms with Gasteiger partial charge in [-0.25, -0.2) is 9.88 Å². The average molecular weight is 669 g/mol. The van der Waals surface area contributed by atoms with Crippen molar-refractivity contribution in [2.24, 2.45) is 13.0 Å². The number of pyridine rings is 1. The van der Waals surface area contributed by atoms with Crippen LogP contribution in [-0.4, -0.2) is 56.3 Å². The number of imide groups is 1. The summed E-state index contributed by atoms with van der Waals surface area (Å²) < 4.78 is 5.00. The van der Waals surface area contributed by atoms with Gasteiger partial charge in [-0.1, -0.05) is 36.7 Å². The van der Waals surface area contributed by atoms with Crippen molar-refractivity contribution in [2.45, 2.75) is 19.4 Å². The van der Waals surface area contributed by atoms with E-state index in [1.807, 2.05) is 30.3 Å². The van der Waals surface area contributed by atoms with Gasteiger partial charge in [-0.05, 0) is 76.9 Å². The van der Waals surface area contributed by atoms with Crippen molar-refractivity contribution in [3.05, 3.63) is 123 Å². The first-order valence-electron chi connectivity index (χ1n) is 15.6. The number of nitrogens with one attached hydrogen (secondary N) is 1. The summed E-state index contributed by atoms with van der Waals surface area (Å²) >= 11 is 6.37. The Morgan fingerprint density at radius 1 is 0.898 bits per heavy atom. The Kier molecular flexibility index (Phi) is 6.30. The lowest BCUT2D eigenvalue weighted by Gasteiger charge is -2.17. The second kappa shape index (κ2) is 10.7. The lowest BCUT2D eigenvalue weighted by molar-refractivity contribution is 0.0925. The second-order valence-electron chi connectivity index (χ2n) is 12.3. The van der Waals surface area contributed by atoms with E-state index in [1.165, 1.54) is 6.33 Å². The summed E-state index contributed by atoms with van der Waals surface area (Å²) in [5.41, 5.74) is 5.98. The van der Waals surface area contributed by atoms with E-state index in [1.54, 1.807) is 69.6 Å². The molecule has 0 aliphatic carbocycles. The smallest absolute Gasteiger partial charge is 0.267 e. The van der Waals surface area contributed by atoms with Crippen LogP contribution < -0.4 is 10.5 Å². The zero-order valence-corrected chi connectivity index (χ0v) is 26.8. The molecule has 4 aromatic heterocycles. The van der Waals surface area contributed by atoms with E-state index in [9.17, 15) is 14.4 Å². The fraction of sp³-hybridized carbons (Fsp3) is 0.143. The van der Waals surface area contributed by atoms with Crippen LogP contribution in [0.1, 0.15) is 45.2 Å². The van der Waals surface area contributed by atoms with Crippen LogP contribution in [0.2, 0.25) is 5.02 Å². The van der Waals surface area contributed by atoms with Crippen LogP contribution in [0.5, 0.6) is 0 Å². The third kappa shape index (κ3) is 4.39. The van der Waals surface area contributed by atoms with Crippen molar-refractivity contribution in [3.8, 4) is 28.1 Å². The number of tetrazole rings is 1. The summed E-state index contributed by atoms with van der Waals surface area (Å²) in [5.74, 6) is 0.263. The molecule has 3 aromatic carbocycles. The normalized spacial score (nSPS) is 16.9. The van der Waals surface area contributed by atoms with Gasteiger partial charge in [0.2, 0.25) is 0 Å². The highest BCUT2D eigenvalue weighted by Gasteiger charge is 2.39. The molecule has 0 unspecified atom stereocenters. The van der Waals surface area contributed by atoms with Gasteiger partial charge < -0.3 is 9.55 Å². The molecule has 1 N–H and O–H groups in total. The van der Waals surface area contributed by atoms with Crippen LogP contribution in [0.4, 0.5) is 5.82 Å². The average Bonchev–Trinajstić information content (AvgIpc) is 3.93. The molecule has 7 aromatic rings. The number of aryl methyl sites for hydroxylation is 1. The molecule has 0 fully saturated rings. The van der Waals surface area contributed by atoms with Crippen molar-refractivity contribution >= 4 is 40.1 Å². The number of imidazole rings is 1. The van der Waals surface area contributed by atoms with Gasteiger partial charge in [-0.2, -0.15) is 9.78 Å². The van der Waals surface area contributed by atoms with Gasteiger partial charge in [-0.15, -0.1) is 5.10 Å². The highest BCUT2D eigenvalue weighted by atomic mass is 35.5. The number of hydrogen-bond acceptors (Lipinski definition) is 8. The molecule has 0 spiro atoms. The lowest BCUT2D eigenvalue weighted by Crippen LogP contribution is -2.30. The highest BCUT2D eigenvalue weighted by Crippen LogP contribution is 2.38. The minimum Gasteiger partial charge on any atom is -0.340 e. The zero-order valence-electron chi connectivity index (χ0n) is 26.1. The van der Waals surface area contributed by atoms with E-state index in [0.717, 1.165) is 38.5 Å². The van der Waals surface area contributed by atoms with E-state index in [4.69, 9.17) is 16.6 Å². The van der Waals surface area contributed by atoms with Crippen LogP contribution in [-0.2, 0) is 13.5 Å². The molecule has 6 heterocycles. The SMILES string of the molecule is C[C@H]1Cc2cc(-c3cc(Cl)ccc3-n3cnnn3)cc(=O)n2[C@@H]1c1ncc(-c2ccc3c(N4C(=O)c5ccccc5C4=O)nn(C)c3c2)[nH]1. The van der Waals surface area contributed by atoms with Crippen LogP contribution in [0.25, 0.3) is 39.0 Å². The maximum atomic E-state index is 13.8. The summed E-state index contributed by atoms with van der Waals surface area (Å²) in [6.45, 7) is 2.10. The molecule has 49 heavy (non-hydrogen) atoms. The van der Waals surface area contributed by atoms with E-state index in [0.29, 0.717) is 45.3 Å². The molecule has 14 heteroatoms. The number of benzene rings is 3. The standard InChI is InChI=1S/C35H25ClN10O3/c1-18-11-22-12-20(26-15-21(36)8-10-28(26)44-17-38-41-42-44)14-30(47)45(22)31(18)32-37-16-27(39-32)19-7-9-25-29(13-19)43(2)40-33(25)46-34(48)23-5-3-4-6-24(23)35(46)49/h3-10,12-18,31H,11H2,1-2H3,(H,37,39)/t18-,31-/m0/s1. The van der Waals surface area contributed by atoms with Crippen LogP contribution in [0, 0.1) is 5.92 Å². The van der Waals surface area contributed by atoms with Gasteiger partial charge in [0.05, 0.1) is 40.3 Å². The number of H-pyrrole nitrogens is 1. The molecule has 0 saturated carbocycles. The van der Waals surface area contributed by atoms with Gasteiger partial charge >= 0.3 is 0 Å². The predicted octanol–water partition coefficient (Wildman–Crippen LogP) is 5.00. The Hall–Kier alpha value is -6.21. The van der Waals surface area contributed by atoms with Crippen LogP contribution in [0.3, 0.4) is 0 Å². The third-order valence-corrected chi connectivity index (χ3v) is 9.62. The van der Waals surface area contributed by atoms with E-state index in [2.05, 4.69) is 32.5 Å². The van der Waals surface area contributed by atoms with E-state index in [-0.39, 0.29) is 17.5 Å². The quantitative estimate of drug-likeness (QED) is 0.252. The first-order valence-corrected chi connectivity index (χ1v) is 15.9. The molecule has 0 saturated heterocycles. The van der Waals surface area contributed by atoms with Crippen molar-refractivity contribution < 1.29 is 9.59 Å². The minimum absolute atomic E-state index is 0.0852. The third-order valence-electron chi connectivity index (χ3n) is 9.39. The molecule has 13 nitrogen and oxygen atoms in total. The fourth-order valence-electron chi connectivity index (χ4n) is 7.15. The summed E-state index contributed by atoms with van der Waals surface area (Å²) in [5, 5.41) is 17.3. The minimum atomic E-state index is -0.392. The number of anilines is 1. The Labute approximate surface area is 282 Å². The molecule has 0 bridgehead atoms. The number of amides is 2. The number of halogens is 1. The molecule has 0 radical (unpaired) electrons. The van der Waals surface area contributed by atoms with Crippen molar-refractivity contribution in [3.63, 3.8) is 0 Å². The van der Waals surface area contributed by atoms with Gasteiger partial charge in [0.15, 0.2) is 5.82 Å². The molecular weight excluding hydrogens is 644 g/mol. The molecule has 240 valence electrons. The fourth-order valence-corrected chi connectivity index (χ4v) is 7.32. The zero-order chi connectivity index (χ0) is 33.6. The largest absolute Gasteiger partial charge is 0.340 e. The van der Waals surface area contributed by atoms with Crippen LogP contribution >= 0.6 is 11.6 Å². The molecule has 2 amide bonds. The van der Waals surface area contributed by atoms with Crippen molar-refractivity contribution in [1.29, 1.82) is 0 Å². The number of carbonyl (C=O) groups excluding carboxylic acids is 2. The summed E-state index contributed by atoms with van der Waals surface area (Å²) in [6, 6.07) is 21.2. The number of rotatable bonds is 5. The van der Waals surface area contributed by atoms with Gasteiger partial charge in [-0.3, -0.25) is 19.1 Å². The second-order valence-corrected chi connectivity index (χ2v) is 12.8. The number of hydrogen-bond donors (Lipinski definition) is 1. The summed E-state index contributed by atoms with van der Waals surface area (Å²) in [7, 11) is 1.78. The summed E-state index contributed by atoms with van der Waals surface area (Å²) in [6.07, 6.45) is 3.93. The Balaban J connectivity index is 1.05. The number of aromatic amines is 1. The number of nitrogens with zero attached hydrogens (tertiary/aromatic N) is 9. The maximum absolute atomic E-state index is 13.8. The van der Waals surface area contributed by atoms with Crippen molar-refractivity contribution in [2.75, 3.05) is 4.90 Å². The molecule has 9 rings (SSSR count). The Morgan fingerprint density at radius 2 is 1.69 bits per heavy atom. The molecular formula is C35H25ClN10O3. The number of fused-ring (bicyclic) bond motifs is 3. The van der Waals surface area contributed by atoms with Gasteiger partial charge in [0, 0.05) is 40.3 Å². The first-order chi connectivity index (χ1) is 23.8. The molecule has 2 aliphatic heterocycles.